The lowest BCUT2D eigenvalue weighted by molar-refractivity contribution is -0.141. The van der Waals surface area contributed by atoms with Gasteiger partial charge >= 0.3 is 51.2 Å². The maximum absolute atomic E-state index is 11.8. The lowest BCUT2D eigenvalue weighted by atomic mass is 10.1. The van der Waals surface area contributed by atoms with E-state index < -0.39 is 41.4 Å². The molecule has 10 aromatic carbocycles. The third kappa shape index (κ3) is 47.4. The van der Waals surface area contributed by atoms with Gasteiger partial charge in [0, 0.05) is 101 Å². The van der Waals surface area contributed by atoms with E-state index in [1.54, 1.807) is 141 Å². The predicted molar refractivity (Wildman–Crippen MR) is 562 cm³/mol. The van der Waals surface area contributed by atoms with Crippen LogP contribution in [0, 0.1) is 0 Å². The number of likely N-dealkylation sites (N-methyl/N-ethyl adjacent to an activating group) is 1. The van der Waals surface area contributed by atoms with Crippen LogP contribution in [0.5, 0.6) is 23.0 Å². The highest BCUT2D eigenvalue weighted by Crippen LogP contribution is 2.27. The molecule has 0 atom stereocenters. The van der Waals surface area contributed by atoms with E-state index in [1.807, 2.05) is 72.4 Å². The fourth-order valence-corrected chi connectivity index (χ4v) is 12.8. The largest absolute Gasteiger partial charge is 0.460 e. The number of aromatic nitrogens is 2. The van der Waals surface area contributed by atoms with Gasteiger partial charge in [0.1, 0.15) is 29.6 Å². The summed E-state index contributed by atoms with van der Waals surface area (Å²) in [5, 5.41) is 7.67. The number of nitrogens with zero attached hydrogens (tertiary/aromatic N) is 3. The van der Waals surface area contributed by atoms with Crippen LogP contribution in [-0.4, -0.2) is 125 Å². The Morgan fingerprint density at radius 1 is 0.390 bits per heavy atom. The molecular weight excluding hydrogens is 1830 g/mol. The van der Waals surface area contributed by atoms with Crippen molar-refractivity contribution in [2.75, 3.05) is 46.4 Å². The lowest BCUT2D eigenvalue weighted by Crippen LogP contribution is -2.29. The van der Waals surface area contributed by atoms with Crippen molar-refractivity contribution in [3.8, 4) is 23.0 Å². The topological polar surface area (TPSA) is 374 Å². The zero-order valence-electron chi connectivity index (χ0n) is 82.3. The maximum Gasteiger partial charge on any atom is 0.417 e. The molecule has 3 saturated heterocycles. The Bertz CT molecular complexity index is 6330. The Kier molecular flexibility index (Phi) is 52.5. The molecule has 3 aliphatic heterocycles. The number of hydrogen-bond donors (Lipinski definition) is 3. The van der Waals surface area contributed by atoms with Gasteiger partial charge in [-0.1, -0.05) is 205 Å². The third-order valence-corrected chi connectivity index (χ3v) is 19.1. The minimum atomic E-state index is -0.540. The first-order valence-corrected chi connectivity index (χ1v) is 46.0. The average molecular weight is 1960 g/mol. The molecule has 0 bridgehead atoms. The van der Waals surface area contributed by atoms with Gasteiger partial charge in [0.2, 0.25) is 23.6 Å². The number of fused-ring (bicyclic) bond motifs is 6. The summed E-state index contributed by atoms with van der Waals surface area (Å²) in [6, 6.07) is 69.8. The maximum atomic E-state index is 11.8. The molecule has 17 rings (SSSR count). The van der Waals surface area contributed by atoms with E-state index in [0.29, 0.717) is 104 Å². The van der Waals surface area contributed by atoms with E-state index in [4.69, 9.17) is 41.4 Å². The van der Waals surface area contributed by atoms with Crippen molar-refractivity contribution in [2.24, 2.45) is 0 Å². The van der Waals surface area contributed by atoms with Gasteiger partial charge < -0.3 is 61.4 Å². The van der Waals surface area contributed by atoms with Gasteiger partial charge in [-0.3, -0.25) is 38.7 Å². The number of oxazole rings is 2. The SMILES string of the molecule is C=C(C)C.C=C(C)C.C=C(C)C.C=C(C)C.C=C(C)C(=O)N1CCCC1.C=C(C)C(=O)NC.C=C(C)C(=O)OCCN1CCCC1=O.C=CN1CCCC1=O.CC(=O)Oc1ccc2[nH]c(=O)oc2c1.CC(=O)Oc1ccc2sc(=O)oc2c1.O=C(Oc1ccc2[nH]c(=O)oc2c1)c1ccccc1.O=C(Oc1ccc2sc(=O)oc2c1)c1ccccc1.c1ccc2ccccc2c1.c1ccc2ccccc2c1. The van der Waals surface area contributed by atoms with Crippen LogP contribution in [-0.2, 0) is 38.3 Å². The fraction of sp³-hybridized carbons (Fsp3) is 0.234. The second kappa shape index (κ2) is 63.2. The molecule has 14 aromatic rings. The number of amides is 4. The number of likely N-dealkylation sites (tertiary alicyclic amines) is 3. The van der Waals surface area contributed by atoms with E-state index in [2.05, 4.69) is 165 Å². The van der Waals surface area contributed by atoms with E-state index in [-0.39, 0.29) is 40.1 Å². The molecular formula is C111H124N6O22S2. The first-order valence-electron chi connectivity index (χ1n) is 44.4. The number of rotatable bonds is 13. The van der Waals surface area contributed by atoms with Crippen molar-refractivity contribution >= 4 is 140 Å². The summed E-state index contributed by atoms with van der Waals surface area (Å²) in [7, 11) is 1.58. The number of hydrogen-bond acceptors (Lipinski definition) is 24. The van der Waals surface area contributed by atoms with Gasteiger partial charge in [-0.2, -0.15) is 0 Å². The van der Waals surface area contributed by atoms with Crippen LogP contribution in [0.4, 0.5) is 0 Å². The molecule has 0 radical (unpaired) electrons. The van der Waals surface area contributed by atoms with E-state index in [1.165, 1.54) is 82.0 Å². The Hall–Kier alpha value is -16.2. The number of esters is 5. The second-order valence-corrected chi connectivity index (χ2v) is 34.1. The highest BCUT2D eigenvalue weighted by molar-refractivity contribution is 7.16. The Morgan fingerprint density at radius 2 is 0.723 bits per heavy atom. The van der Waals surface area contributed by atoms with Crippen molar-refractivity contribution in [3.63, 3.8) is 0 Å². The van der Waals surface area contributed by atoms with Gasteiger partial charge in [0.25, 0.3) is 0 Å². The summed E-state index contributed by atoms with van der Waals surface area (Å²) in [4.78, 5) is 152. The zero-order chi connectivity index (χ0) is 105. The summed E-state index contributed by atoms with van der Waals surface area (Å²) in [5.74, 6) is -1.39. The number of ether oxygens (including phenoxy) is 5. The molecule has 141 heavy (non-hydrogen) atoms. The van der Waals surface area contributed by atoms with Crippen LogP contribution < -0.4 is 45.7 Å². The molecule has 3 aliphatic rings. The minimum Gasteiger partial charge on any atom is -0.460 e. The van der Waals surface area contributed by atoms with Crippen LogP contribution in [0.15, 0.2) is 365 Å². The molecule has 0 saturated carbocycles. The molecule has 30 heteroatoms. The monoisotopic (exact) mass is 1960 g/mol. The highest BCUT2D eigenvalue weighted by atomic mass is 32.1. The minimum absolute atomic E-state index is 0.0972. The summed E-state index contributed by atoms with van der Waals surface area (Å²) in [6.07, 6.45) is 7.12. The van der Waals surface area contributed by atoms with Crippen LogP contribution in [0.25, 0.3) is 64.3 Å². The number of carbonyl (C=O) groups is 9. The van der Waals surface area contributed by atoms with Crippen LogP contribution in [0.2, 0.25) is 0 Å². The molecule has 0 aliphatic carbocycles. The third-order valence-electron chi connectivity index (χ3n) is 17.5. The lowest BCUT2D eigenvalue weighted by Gasteiger charge is -2.14. The van der Waals surface area contributed by atoms with Gasteiger partial charge in [0.15, 0.2) is 22.3 Å². The zero-order valence-corrected chi connectivity index (χ0v) is 83.9. The Balaban J connectivity index is 0.000000325. The molecule has 28 nitrogen and oxygen atoms in total. The van der Waals surface area contributed by atoms with Gasteiger partial charge in [0.05, 0.1) is 38.1 Å². The highest BCUT2D eigenvalue weighted by Gasteiger charge is 2.22. The molecule has 4 amide bonds. The number of allylic oxidation sites excluding steroid dienone is 4. The first kappa shape index (κ1) is 117. The van der Waals surface area contributed by atoms with E-state index in [0.717, 1.165) is 83.9 Å². The van der Waals surface area contributed by atoms with Crippen molar-refractivity contribution in [2.45, 2.75) is 129 Å². The smallest absolute Gasteiger partial charge is 0.417 e. The van der Waals surface area contributed by atoms with Crippen LogP contribution in [0.1, 0.15) is 149 Å². The van der Waals surface area contributed by atoms with Crippen LogP contribution in [0.3, 0.4) is 0 Å². The summed E-state index contributed by atoms with van der Waals surface area (Å²) in [6.45, 7) is 55.9. The average Bonchev–Trinajstić information content (AvgIpc) is 1.70. The van der Waals surface area contributed by atoms with Crippen LogP contribution >= 0.6 is 22.7 Å². The molecule has 7 heterocycles. The summed E-state index contributed by atoms with van der Waals surface area (Å²) < 4.78 is 45.9. The van der Waals surface area contributed by atoms with E-state index >= 15 is 0 Å². The van der Waals surface area contributed by atoms with Crippen molar-refractivity contribution in [1.82, 2.24) is 30.0 Å². The number of nitrogens with one attached hydrogen (secondary N) is 3. The number of H-pyrrole nitrogens is 2. The predicted octanol–water partition coefficient (Wildman–Crippen LogP) is 23.2. The van der Waals surface area contributed by atoms with Gasteiger partial charge in [-0.15, -0.1) is 26.3 Å². The van der Waals surface area contributed by atoms with Gasteiger partial charge in [-0.25, -0.2) is 33.6 Å². The first-order chi connectivity index (χ1) is 66.9. The number of aromatic amines is 2. The quantitative estimate of drug-likeness (QED) is 0.0418. The van der Waals surface area contributed by atoms with Crippen molar-refractivity contribution in [1.29, 1.82) is 0 Å². The number of benzene rings is 10. The normalized spacial score (nSPS) is 11.3. The summed E-state index contributed by atoms with van der Waals surface area (Å²) in [5.41, 5.74) is 9.90. The Morgan fingerprint density at radius 3 is 1.01 bits per heavy atom. The second-order valence-electron chi connectivity index (χ2n) is 32.1. The molecule has 3 fully saturated rings. The molecule has 3 N–H and O–H groups in total. The Labute approximate surface area is 827 Å². The molecule has 4 aromatic heterocycles. The number of carbonyl (C=O) groups excluding carboxylic acids is 9. The van der Waals surface area contributed by atoms with Crippen molar-refractivity contribution < 1.29 is 84.5 Å². The molecule has 0 spiro atoms. The summed E-state index contributed by atoms with van der Waals surface area (Å²) >= 11 is 2.03. The molecule has 0 unspecified atom stereocenters. The fourth-order valence-electron chi connectivity index (χ4n) is 11.5. The standard InChI is InChI=1S/C14H9NO4.C14H8O4S.C10H15NO3.2C10H8.C9H7NO4.C9H6O4S.C8H13NO.C6H9NO.C5H9NO.4C4H8/c16-13(9-4-2-1-3-5-9)18-10-6-7-11-12(8-10)19-14(17)15-11;15-13(9-4-2-1-3-5-9)17-10-6-7-12-11(8-10)18-14(16)19-12;1-8(2)10(13)14-7-6-11-5-3-4-9(11)12;2*1-2-6-10-8-4-3-7-9(10)5-1;1-5(11)13-6-2-3-7-8(4-6)14-9(12)10-7;1-5(10)12-6-2-3-8-7(4-6)13-9(11)14-8;1-7(2)8(10)9-5-3-4-6-9;1-2-7-5-3-4-6(7)8;1-4(2)5(7)6-3;4*1-4(2)3/h1-8H,(H,15,17);1-8H;1,3-7H2,2H3;2*1-8H;2-4H,1H3,(H,10,12);2-4H,1H3;1,3-6H2,2H3;2H,1,3-5H2;1H2,2-3H3,(H,6,7);4*1H2,2-3H3. The molecule has 742 valence electrons. The van der Waals surface area contributed by atoms with Gasteiger partial charge in [-0.05, 0) is 202 Å². The van der Waals surface area contributed by atoms with E-state index in [9.17, 15) is 62.3 Å². The van der Waals surface area contributed by atoms with Crippen molar-refractivity contribution in [3.05, 3.63) is 380 Å².